The minimum Gasteiger partial charge on any atom is -0.462 e. The SMILES string of the molecule is CC/C=C\C/C=C\C/C=C\C/C=C\C/C=C\CCCCCC(=O)OCC(COCCCCCCCCCCCC/C=C\C/C=C\CCCCC)OC(=O)CC/C=C\C/C=C\C/C=C\C/C=C\CC. The van der Waals surface area contributed by atoms with E-state index in [1.54, 1.807) is 0 Å². The van der Waals surface area contributed by atoms with Gasteiger partial charge in [-0.3, -0.25) is 9.59 Å². The number of esters is 2. The molecule has 0 spiro atoms. The third-order valence-corrected chi connectivity index (χ3v) is 11.2. The summed E-state index contributed by atoms with van der Waals surface area (Å²) in [6, 6.07) is 0. The Kier molecular flexibility index (Phi) is 54.0. The standard InChI is InChI=1S/C63H102O5/c1-4-7-10-13-16-19-22-25-27-29-31-33-35-37-40-43-46-49-52-55-58-66-59-61(68-63(65)57-54-51-48-45-42-38-24-21-18-15-12-9-6-3)60-67-62(64)56-53-50-47-44-41-39-36-34-32-30-28-26-23-20-17-14-11-8-5-2/h8-9,11-12,16-21,25-28,32,34,38-39,41-42,48,51,61H,4-7,10,13-15,22-24,29-31,33,35-37,40,43-47,49-50,52-60H2,1-3H3/b11-8-,12-9-,19-16-,20-17-,21-18-,27-25-,28-26-,34-32-,41-39-,42-38-,51-48-. The first-order chi connectivity index (χ1) is 33.6. The number of carbonyl (C=O) groups excluding carboxylic acids is 2. The molecule has 0 aliphatic heterocycles. The predicted molar refractivity (Wildman–Crippen MR) is 297 cm³/mol. The maximum atomic E-state index is 12.8. The van der Waals surface area contributed by atoms with Crippen LogP contribution in [0.25, 0.3) is 0 Å². The molecule has 0 aromatic carbocycles. The van der Waals surface area contributed by atoms with E-state index in [2.05, 4.69) is 148 Å². The van der Waals surface area contributed by atoms with Gasteiger partial charge in [0.1, 0.15) is 6.61 Å². The van der Waals surface area contributed by atoms with Crippen molar-refractivity contribution < 1.29 is 23.8 Å². The highest BCUT2D eigenvalue weighted by Gasteiger charge is 2.17. The van der Waals surface area contributed by atoms with E-state index >= 15 is 0 Å². The molecule has 0 aromatic rings. The van der Waals surface area contributed by atoms with Gasteiger partial charge in [0.25, 0.3) is 0 Å². The smallest absolute Gasteiger partial charge is 0.306 e. The lowest BCUT2D eigenvalue weighted by atomic mass is 10.1. The van der Waals surface area contributed by atoms with Crippen LogP contribution in [-0.4, -0.2) is 37.9 Å². The summed E-state index contributed by atoms with van der Waals surface area (Å²) in [6.45, 7) is 7.44. The molecule has 0 aliphatic rings. The van der Waals surface area contributed by atoms with Crippen LogP contribution in [0.2, 0.25) is 0 Å². The molecule has 5 heteroatoms. The summed E-state index contributed by atoms with van der Waals surface area (Å²) in [5.41, 5.74) is 0. The van der Waals surface area contributed by atoms with Gasteiger partial charge in [0, 0.05) is 19.4 Å². The molecule has 0 fully saturated rings. The number of ether oxygens (including phenoxy) is 3. The van der Waals surface area contributed by atoms with E-state index in [4.69, 9.17) is 14.2 Å². The van der Waals surface area contributed by atoms with E-state index in [0.717, 1.165) is 103 Å². The van der Waals surface area contributed by atoms with Crippen LogP contribution in [0, 0.1) is 0 Å². The number of rotatable bonds is 49. The Morgan fingerprint density at radius 3 is 1.12 bits per heavy atom. The zero-order valence-corrected chi connectivity index (χ0v) is 44.1. The van der Waals surface area contributed by atoms with Gasteiger partial charge in [-0.25, -0.2) is 0 Å². The molecule has 0 saturated heterocycles. The lowest BCUT2D eigenvalue weighted by molar-refractivity contribution is -0.162. The predicted octanol–water partition coefficient (Wildman–Crippen LogP) is 19.1. The van der Waals surface area contributed by atoms with Gasteiger partial charge in [-0.05, 0) is 122 Å². The first-order valence-corrected chi connectivity index (χ1v) is 27.7. The molecule has 0 bridgehead atoms. The average Bonchev–Trinajstić information content (AvgIpc) is 3.34. The van der Waals surface area contributed by atoms with Gasteiger partial charge in [-0.1, -0.05) is 225 Å². The Morgan fingerprint density at radius 2 is 0.691 bits per heavy atom. The van der Waals surface area contributed by atoms with Gasteiger partial charge in [-0.15, -0.1) is 0 Å². The summed E-state index contributed by atoms with van der Waals surface area (Å²) >= 11 is 0. The average molecular weight is 940 g/mol. The second-order valence-electron chi connectivity index (χ2n) is 17.7. The summed E-state index contributed by atoms with van der Waals surface area (Å²) in [4.78, 5) is 25.4. The molecular formula is C63H102O5. The third-order valence-electron chi connectivity index (χ3n) is 11.2. The molecule has 1 atom stereocenters. The minimum atomic E-state index is -0.600. The number of unbranched alkanes of at least 4 members (excludes halogenated alkanes) is 16. The highest BCUT2D eigenvalue weighted by Crippen LogP contribution is 2.13. The van der Waals surface area contributed by atoms with Crippen molar-refractivity contribution in [1.29, 1.82) is 0 Å². The topological polar surface area (TPSA) is 61.8 Å². The van der Waals surface area contributed by atoms with Gasteiger partial charge in [0.05, 0.1) is 6.61 Å². The normalized spacial score (nSPS) is 13.3. The molecule has 0 amide bonds. The molecule has 0 aromatic heterocycles. The van der Waals surface area contributed by atoms with Gasteiger partial charge in [0.15, 0.2) is 6.10 Å². The summed E-state index contributed by atoms with van der Waals surface area (Å²) in [7, 11) is 0. The summed E-state index contributed by atoms with van der Waals surface area (Å²) in [6.07, 6.45) is 82.0. The van der Waals surface area contributed by atoms with E-state index in [0.29, 0.717) is 19.4 Å². The van der Waals surface area contributed by atoms with Crippen LogP contribution in [0.4, 0.5) is 0 Å². The molecule has 0 aliphatic carbocycles. The Morgan fingerprint density at radius 1 is 0.338 bits per heavy atom. The minimum absolute atomic E-state index is 0.0299. The van der Waals surface area contributed by atoms with Crippen molar-refractivity contribution >= 4 is 11.9 Å². The monoisotopic (exact) mass is 939 g/mol. The number of carbonyl (C=O) groups is 2. The maximum absolute atomic E-state index is 12.8. The fraction of sp³-hybridized carbons (Fsp3) is 0.619. The van der Waals surface area contributed by atoms with Crippen molar-refractivity contribution in [1.82, 2.24) is 0 Å². The molecule has 0 heterocycles. The van der Waals surface area contributed by atoms with E-state index in [1.807, 2.05) is 6.08 Å². The van der Waals surface area contributed by atoms with E-state index < -0.39 is 6.10 Å². The zero-order valence-electron chi connectivity index (χ0n) is 44.1. The van der Waals surface area contributed by atoms with Crippen molar-refractivity contribution in [2.24, 2.45) is 0 Å². The quantitative estimate of drug-likeness (QED) is 0.0345. The van der Waals surface area contributed by atoms with Gasteiger partial charge < -0.3 is 14.2 Å². The van der Waals surface area contributed by atoms with Crippen LogP contribution in [-0.2, 0) is 23.8 Å². The largest absolute Gasteiger partial charge is 0.462 e. The van der Waals surface area contributed by atoms with Crippen molar-refractivity contribution in [3.8, 4) is 0 Å². The summed E-state index contributed by atoms with van der Waals surface area (Å²) in [5, 5.41) is 0. The highest BCUT2D eigenvalue weighted by molar-refractivity contribution is 5.70. The number of hydrogen-bond acceptors (Lipinski definition) is 5. The fourth-order valence-corrected chi connectivity index (χ4v) is 7.11. The van der Waals surface area contributed by atoms with Crippen molar-refractivity contribution in [2.45, 2.75) is 232 Å². The molecule has 5 nitrogen and oxygen atoms in total. The Balaban J connectivity index is 4.40. The van der Waals surface area contributed by atoms with Crippen molar-refractivity contribution in [3.05, 3.63) is 134 Å². The lowest BCUT2D eigenvalue weighted by Crippen LogP contribution is -2.30. The highest BCUT2D eigenvalue weighted by atomic mass is 16.6. The molecule has 0 radical (unpaired) electrons. The van der Waals surface area contributed by atoms with Crippen LogP contribution >= 0.6 is 0 Å². The molecule has 0 saturated carbocycles. The van der Waals surface area contributed by atoms with Gasteiger partial charge in [-0.2, -0.15) is 0 Å². The zero-order chi connectivity index (χ0) is 49.2. The first-order valence-electron chi connectivity index (χ1n) is 27.7. The lowest BCUT2D eigenvalue weighted by Gasteiger charge is -2.18. The van der Waals surface area contributed by atoms with Crippen LogP contribution in [0.3, 0.4) is 0 Å². The maximum Gasteiger partial charge on any atom is 0.306 e. The van der Waals surface area contributed by atoms with Crippen molar-refractivity contribution in [3.63, 3.8) is 0 Å². The second kappa shape index (κ2) is 57.4. The number of hydrogen-bond donors (Lipinski definition) is 0. The first kappa shape index (κ1) is 64.0. The van der Waals surface area contributed by atoms with E-state index in [-0.39, 0.29) is 31.6 Å². The van der Waals surface area contributed by atoms with Crippen LogP contribution in [0.5, 0.6) is 0 Å². The Hall–Kier alpha value is -3.96. The van der Waals surface area contributed by atoms with E-state index in [9.17, 15) is 9.59 Å². The number of allylic oxidation sites excluding steroid dienone is 22. The van der Waals surface area contributed by atoms with Crippen LogP contribution < -0.4 is 0 Å². The van der Waals surface area contributed by atoms with Gasteiger partial charge in [0.2, 0.25) is 0 Å². The molecule has 384 valence electrons. The van der Waals surface area contributed by atoms with Crippen molar-refractivity contribution in [2.75, 3.05) is 19.8 Å². The fourth-order valence-electron chi connectivity index (χ4n) is 7.11. The van der Waals surface area contributed by atoms with Gasteiger partial charge >= 0.3 is 11.9 Å². The van der Waals surface area contributed by atoms with E-state index in [1.165, 1.54) is 83.5 Å². The summed E-state index contributed by atoms with van der Waals surface area (Å²) < 4.78 is 17.3. The summed E-state index contributed by atoms with van der Waals surface area (Å²) in [5.74, 6) is -0.537. The van der Waals surface area contributed by atoms with Crippen LogP contribution in [0.1, 0.15) is 226 Å². The molecule has 0 N–H and O–H groups in total. The molecule has 0 rings (SSSR count). The van der Waals surface area contributed by atoms with Crippen LogP contribution in [0.15, 0.2) is 134 Å². The third kappa shape index (κ3) is 54.6. The molecule has 1 unspecified atom stereocenters. The second-order valence-corrected chi connectivity index (χ2v) is 17.7. The Labute approximate surface area is 419 Å². The Bertz CT molecular complexity index is 1430. The molecule has 68 heavy (non-hydrogen) atoms. The molecular weight excluding hydrogens is 837 g/mol.